The molecule has 3 rings (SSSR count). The lowest BCUT2D eigenvalue weighted by Crippen LogP contribution is -2.13. The molecule has 0 unspecified atom stereocenters. The molecule has 96 valence electrons. The molecule has 2 heterocycles. The monoisotopic (exact) mass is 253 g/mol. The van der Waals surface area contributed by atoms with Crippen molar-refractivity contribution in [2.45, 2.75) is 13.2 Å². The minimum absolute atomic E-state index is 0.557. The first-order chi connectivity index (χ1) is 9.43. The second-order valence-corrected chi connectivity index (χ2v) is 4.31. The number of hydrogen-bond donors (Lipinski definition) is 2. The molecule has 0 aliphatic carbocycles. The fraction of sp³-hybridized carbons (Fsp3) is 0.133. The Bertz CT molecular complexity index is 649. The van der Waals surface area contributed by atoms with E-state index >= 15 is 0 Å². The molecule has 2 aromatic heterocycles. The first-order valence-corrected chi connectivity index (χ1v) is 6.23. The minimum Gasteiger partial charge on any atom is -0.346 e. The Morgan fingerprint density at radius 2 is 2.00 bits per heavy atom. The SMILES string of the molecule is c1ccc(CONCc2c[nH]c3ncccc23)cc1. The van der Waals surface area contributed by atoms with Crippen LogP contribution in [0.15, 0.2) is 54.9 Å². The van der Waals surface area contributed by atoms with Gasteiger partial charge in [0.05, 0.1) is 6.61 Å². The predicted molar refractivity (Wildman–Crippen MR) is 74.2 cm³/mol. The molecule has 0 radical (unpaired) electrons. The van der Waals surface area contributed by atoms with Crippen LogP contribution in [-0.4, -0.2) is 9.97 Å². The van der Waals surface area contributed by atoms with Gasteiger partial charge >= 0.3 is 0 Å². The number of hydrogen-bond acceptors (Lipinski definition) is 3. The third kappa shape index (κ3) is 2.81. The van der Waals surface area contributed by atoms with E-state index in [0.717, 1.165) is 22.2 Å². The van der Waals surface area contributed by atoms with Gasteiger partial charge in [-0.2, -0.15) is 5.48 Å². The van der Waals surface area contributed by atoms with Gasteiger partial charge in [0.25, 0.3) is 0 Å². The molecule has 0 spiro atoms. The lowest BCUT2D eigenvalue weighted by molar-refractivity contribution is 0.0237. The van der Waals surface area contributed by atoms with Crippen molar-refractivity contribution in [2.24, 2.45) is 0 Å². The van der Waals surface area contributed by atoms with E-state index in [9.17, 15) is 0 Å². The van der Waals surface area contributed by atoms with Gasteiger partial charge in [0.2, 0.25) is 0 Å². The van der Waals surface area contributed by atoms with Crippen molar-refractivity contribution in [1.82, 2.24) is 15.4 Å². The van der Waals surface area contributed by atoms with Gasteiger partial charge in [-0.3, -0.25) is 4.84 Å². The maximum absolute atomic E-state index is 5.46. The summed E-state index contributed by atoms with van der Waals surface area (Å²) in [5.41, 5.74) is 6.18. The molecule has 0 saturated heterocycles. The molecular weight excluding hydrogens is 238 g/mol. The second-order valence-electron chi connectivity index (χ2n) is 4.31. The van der Waals surface area contributed by atoms with Gasteiger partial charge < -0.3 is 4.98 Å². The van der Waals surface area contributed by atoms with Crippen LogP contribution in [0.2, 0.25) is 0 Å². The summed E-state index contributed by atoms with van der Waals surface area (Å²) in [4.78, 5) is 12.9. The molecule has 1 aromatic carbocycles. The lowest BCUT2D eigenvalue weighted by Gasteiger charge is -2.05. The number of benzene rings is 1. The minimum atomic E-state index is 0.557. The van der Waals surface area contributed by atoms with Crippen molar-refractivity contribution in [3.63, 3.8) is 0 Å². The van der Waals surface area contributed by atoms with E-state index in [1.54, 1.807) is 6.20 Å². The molecule has 3 aromatic rings. The molecule has 0 bridgehead atoms. The summed E-state index contributed by atoms with van der Waals surface area (Å²) in [7, 11) is 0. The summed E-state index contributed by atoms with van der Waals surface area (Å²) in [6.07, 6.45) is 3.73. The van der Waals surface area contributed by atoms with E-state index in [1.165, 1.54) is 0 Å². The van der Waals surface area contributed by atoms with Crippen molar-refractivity contribution < 1.29 is 4.84 Å². The molecular formula is C15H15N3O. The largest absolute Gasteiger partial charge is 0.346 e. The highest BCUT2D eigenvalue weighted by molar-refractivity contribution is 5.79. The van der Waals surface area contributed by atoms with Gasteiger partial charge in [-0.1, -0.05) is 30.3 Å². The number of nitrogens with one attached hydrogen (secondary N) is 2. The molecule has 0 aliphatic rings. The topological polar surface area (TPSA) is 49.9 Å². The fourth-order valence-electron chi connectivity index (χ4n) is 2.00. The van der Waals surface area contributed by atoms with Crippen LogP contribution in [0.4, 0.5) is 0 Å². The maximum atomic E-state index is 5.46. The van der Waals surface area contributed by atoms with E-state index in [2.05, 4.69) is 15.4 Å². The number of fused-ring (bicyclic) bond motifs is 1. The predicted octanol–water partition coefficient (Wildman–Crippen LogP) is 2.78. The number of nitrogens with zero attached hydrogens (tertiary/aromatic N) is 1. The summed E-state index contributed by atoms with van der Waals surface area (Å²) in [5.74, 6) is 0. The third-order valence-electron chi connectivity index (χ3n) is 2.98. The van der Waals surface area contributed by atoms with Crippen LogP contribution < -0.4 is 5.48 Å². The maximum Gasteiger partial charge on any atom is 0.137 e. The molecule has 0 amide bonds. The Labute approximate surface area is 111 Å². The molecule has 4 nitrogen and oxygen atoms in total. The smallest absolute Gasteiger partial charge is 0.137 e. The van der Waals surface area contributed by atoms with Crippen molar-refractivity contribution >= 4 is 11.0 Å². The number of aromatic amines is 1. The average Bonchev–Trinajstić information content (AvgIpc) is 2.88. The van der Waals surface area contributed by atoms with Crippen LogP contribution in [0.1, 0.15) is 11.1 Å². The second kappa shape index (κ2) is 5.65. The Morgan fingerprint density at radius 1 is 1.11 bits per heavy atom. The molecule has 0 saturated carbocycles. The zero-order valence-corrected chi connectivity index (χ0v) is 10.5. The lowest BCUT2D eigenvalue weighted by atomic mass is 10.2. The molecule has 0 fully saturated rings. The van der Waals surface area contributed by atoms with Gasteiger partial charge in [0.1, 0.15) is 5.65 Å². The number of H-pyrrole nitrogens is 1. The summed E-state index contributed by atoms with van der Waals surface area (Å²) < 4.78 is 0. The average molecular weight is 253 g/mol. The van der Waals surface area contributed by atoms with Gasteiger partial charge in [-0.05, 0) is 23.3 Å². The molecule has 4 heteroatoms. The van der Waals surface area contributed by atoms with Crippen molar-refractivity contribution in [3.8, 4) is 0 Å². The number of hydroxylamine groups is 1. The summed E-state index contributed by atoms with van der Waals surface area (Å²) in [5, 5.41) is 1.12. The number of pyridine rings is 1. The van der Waals surface area contributed by atoms with Gasteiger partial charge in [-0.15, -0.1) is 0 Å². The van der Waals surface area contributed by atoms with Crippen LogP contribution in [0, 0.1) is 0 Å². The Balaban J connectivity index is 1.55. The third-order valence-corrected chi connectivity index (χ3v) is 2.98. The summed E-state index contributed by atoms with van der Waals surface area (Å²) >= 11 is 0. The number of rotatable bonds is 5. The fourth-order valence-corrected chi connectivity index (χ4v) is 2.00. The van der Waals surface area contributed by atoms with Gasteiger partial charge in [0.15, 0.2) is 0 Å². The number of aromatic nitrogens is 2. The van der Waals surface area contributed by atoms with Crippen molar-refractivity contribution in [3.05, 3.63) is 66.0 Å². The molecule has 0 atom stereocenters. The van der Waals surface area contributed by atoms with Crippen LogP contribution >= 0.6 is 0 Å². The van der Waals surface area contributed by atoms with Crippen LogP contribution in [0.25, 0.3) is 11.0 Å². The van der Waals surface area contributed by atoms with Crippen LogP contribution in [-0.2, 0) is 18.0 Å². The zero-order valence-electron chi connectivity index (χ0n) is 10.5. The summed E-state index contributed by atoms with van der Waals surface area (Å²) in [6.45, 7) is 1.21. The van der Waals surface area contributed by atoms with Crippen molar-refractivity contribution in [2.75, 3.05) is 0 Å². The molecule has 0 aliphatic heterocycles. The van der Waals surface area contributed by atoms with E-state index < -0.39 is 0 Å². The quantitative estimate of drug-likeness (QED) is 0.543. The van der Waals surface area contributed by atoms with Crippen LogP contribution in [0.5, 0.6) is 0 Å². The highest BCUT2D eigenvalue weighted by Crippen LogP contribution is 2.15. The van der Waals surface area contributed by atoms with Gasteiger partial charge in [-0.25, -0.2) is 4.98 Å². The first-order valence-electron chi connectivity index (χ1n) is 6.23. The Morgan fingerprint density at radius 3 is 2.89 bits per heavy atom. The van der Waals surface area contributed by atoms with E-state index in [4.69, 9.17) is 4.84 Å². The van der Waals surface area contributed by atoms with Crippen LogP contribution in [0.3, 0.4) is 0 Å². The molecule has 19 heavy (non-hydrogen) atoms. The highest BCUT2D eigenvalue weighted by Gasteiger charge is 2.03. The standard InChI is InChI=1S/C15H15N3O/c1-2-5-12(6-3-1)11-19-18-10-13-9-17-15-14(13)7-4-8-16-15/h1-9,18H,10-11H2,(H,16,17). The van der Waals surface area contributed by atoms with E-state index in [0.29, 0.717) is 13.2 Å². The summed E-state index contributed by atoms with van der Waals surface area (Å²) in [6, 6.07) is 14.1. The van der Waals surface area contributed by atoms with E-state index in [-0.39, 0.29) is 0 Å². The highest BCUT2D eigenvalue weighted by atomic mass is 16.6. The first kappa shape index (κ1) is 11.9. The Hall–Kier alpha value is -2.17. The van der Waals surface area contributed by atoms with E-state index in [1.807, 2.05) is 48.7 Å². The Kier molecular flexibility index (Phi) is 3.54. The van der Waals surface area contributed by atoms with Crippen molar-refractivity contribution in [1.29, 1.82) is 0 Å². The normalized spacial score (nSPS) is 10.9. The zero-order chi connectivity index (χ0) is 12.9. The van der Waals surface area contributed by atoms with Gasteiger partial charge in [0, 0.05) is 24.3 Å². The molecule has 2 N–H and O–H groups in total.